The highest BCUT2D eigenvalue weighted by Gasteiger charge is 2.31. The third-order valence-electron chi connectivity index (χ3n) is 5.39. The van der Waals surface area contributed by atoms with Crippen LogP contribution in [0.5, 0.6) is 0 Å². The molecule has 0 aliphatic heterocycles. The first-order valence-electron chi connectivity index (χ1n) is 8.04. The normalized spacial score (nSPS) is 36.0. The molecule has 0 spiro atoms. The van der Waals surface area contributed by atoms with Gasteiger partial charge in [-0.15, -0.1) is 0 Å². The second-order valence-corrected chi connectivity index (χ2v) is 6.48. The highest BCUT2D eigenvalue weighted by molar-refractivity contribution is 4.86. The van der Waals surface area contributed by atoms with E-state index >= 15 is 0 Å². The van der Waals surface area contributed by atoms with Crippen molar-refractivity contribution in [2.24, 2.45) is 17.8 Å². The van der Waals surface area contributed by atoms with Crippen molar-refractivity contribution in [3.8, 4) is 0 Å². The van der Waals surface area contributed by atoms with Gasteiger partial charge in [-0.05, 0) is 50.0 Å². The summed E-state index contributed by atoms with van der Waals surface area (Å²) in [4.78, 5) is 0. The second kappa shape index (κ2) is 6.78. The van der Waals surface area contributed by atoms with Gasteiger partial charge in [0.05, 0.1) is 0 Å². The molecule has 0 aromatic carbocycles. The van der Waals surface area contributed by atoms with E-state index in [9.17, 15) is 0 Å². The summed E-state index contributed by atoms with van der Waals surface area (Å²) in [5.41, 5.74) is 0. The fraction of sp³-hybridized carbons (Fsp3) is 1.00. The molecule has 1 nitrogen and oxygen atoms in total. The van der Waals surface area contributed by atoms with E-state index in [2.05, 4.69) is 19.2 Å². The van der Waals surface area contributed by atoms with Crippen molar-refractivity contribution in [1.29, 1.82) is 0 Å². The van der Waals surface area contributed by atoms with Gasteiger partial charge in [-0.3, -0.25) is 0 Å². The molecule has 100 valence electrons. The lowest BCUT2D eigenvalue weighted by atomic mass is 9.93. The zero-order chi connectivity index (χ0) is 12.1. The van der Waals surface area contributed by atoms with Crippen LogP contribution in [0, 0.1) is 17.8 Å². The van der Waals surface area contributed by atoms with Gasteiger partial charge in [0.25, 0.3) is 0 Å². The number of hydrogen-bond donors (Lipinski definition) is 1. The minimum Gasteiger partial charge on any atom is -0.313 e. The van der Waals surface area contributed by atoms with Gasteiger partial charge < -0.3 is 5.32 Å². The predicted octanol–water partition coefficient (Wildman–Crippen LogP) is 4.37. The molecule has 0 saturated heterocycles. The van der Waals surface area contributed by atoms with E-state index in [4.69, 9.17) is 0 Å². The van der Waals surface area contributed by atoms with Crippen molar-refractivity contribution in [3.63, 3.8) is 0 Å². The molecule has 3 unspecified atom stereocenters. The first-order valence-corrected chi connectivity index (χ1v) is 8.04. The van der Waals surface area contributed by atoms with Gasteiger partial charge in [0.2, 0.25) is 0 Å². The van der Waals surface area contributed by atoms with Gasteiger partial charge >= 0.3 is 0 Å². The average molecular weight is 237 g/mol. The van der Waals surface area contributed by atoms with Crippen LogP contribution in [0.25, 0.3) is 0 Å². The Morgan fingerprint density at radius 2 is 1.65 bits per heavy atom. The summed E-state index contributed by atoms with van der Waals surface area (Å²) in [7, 11) is 0. The molecule has 2 fully saturated rings. The van der Waals surface area contributed by atoms with Crippen molar-refractivity contribution >= 4 is 0 Å². The summed E-state index contributed by atoms with van der Waals surface area (Å²) < 4.78 is 0. The van der Waals surface area contributed by atoms with Gasteiger partial charge in [-0.1, -0.05) is 46.0 Å². The van der Waals surface area contributed by atoms with Crippen LogP contribution in [0.3, 0.4) is 0 Å². The molecule has 0 aromatic rings. The second-order valence-electron chi connectivity index (χ2n) is 6.48. The molecule has 2 aliphatic rings. The molecule has 3 atom stereocenters. The van der Waals surface area contributed by atoms with Crippen LogP contribution in [0.15, 0.2) is 0 Å². The Hall–Kier alpha value is -0.0400. The molecule has 2 aliphatic carbocycles. The molecule has 17 heavy (non-hydrogen) atoms. The van der Waals surface area contributed by atoms with Crippen LogP contribution < -0.4 is 5.32 Å². The van der Waals surface area contributed by atoms with Crippen molar-refractivity contribution in [2.75, 3.05) is 6.54 Å². The highest BCUT2D eigenvalue weighted by Crippen LogP contribution is 2.34. The van der Waals surface area contributed by atoms with E-state index in [1.807, 2.05) is 0 Å². The third-order valence-corrected chi connectivity index (χ3v) is 5.39. The van der Waals surface area contributed by atoms with Gasteiger partial charge in [0.1, 0.15) is 0 Å². The molecule has 2 saturated carbocycles. The van der Waals surface area contributed by atoms with E-state index in [0.29, 0.717) is 0 Å². The van der Waals surface area contributed by atoms with Crippen LogP contribution in [0.2, 0.25) is 0 Å². The van der Waals surface area contributed by atoms with E-state index in [1.165, 1.54) is 64.3 Å². The van der Waals surface area contributed by atoms with E-state index < -0.39 is 0 Å². The zero-order valence-electron chi connectivity index (χ0n) is 11.9. The molecule has 0 bridgehead atoms. The summed E-state index contributed by atoms with van der Waals surface area (Å²) in [5, 5.41) is 3.89. The Morgan fingerprint density at radius 3 is 2.24 bits per heavy atom. The Morgan fingerprint density at radius 1 is 0.941 bits per heavy atom. The van der Waals surface area contributed by atoms with Crippen molar-refractivity contribution in [1.82, 2.24) is 5.32 Å². The Labute approximate surface area is 108 Å². The molecular formula is C16H31N. The fourth-order valence-corrected chi connectivity index (χ4v) is 4.00. The topological polar surface area (TPSA) is 12.0 Å². The van der Waals surface area contributed by atoms with Crippen molar-refractivity contribution in [2.45, 2.75) is 77.7 Å². The van der Waals surface area contributed by atoms with Crippen LogP contribution >= 0.6 is 0 Å². The van der Waals surface area contributed by atoms with Gasteiger partial charge in [-0.2, -0.15) is 0 Å². The summed E-state index contributed by atoms with van der Waals surface area (Å²) in [6.45, 7) is 6.12. The molecule has 0 amide bonds. The van der Waals surface area contributed by atoms with Crippen LogP contribution in [-0.2, 0) is 0 Å². The zero-order valence-corrected chi connectivity index (χ0v) is 11.9. The quantitative estimate of drug-likeness (QED) is 0.716. The first kappa shape index (κ1) is 13.4. The van der Waals surface area contributed by atoms with Crippen LogP contribution in [0.4, 0.5) is 0 Å². The van der Waals surface area contributed by atoms with Gasteiger partial charge in [-0.25, -0.2) is 0 Å². The van der Waals surface area contributed by atoms with Crippen molar-refractivity contribution < 1.29 is 0 Å². The average Bonchev–Trinajstić information content (AvgIpc) is 2.56. The number of rotatable bonds is 4. The molecule has 2 rings (SSSR count). The highest BCUT2D eigenvalue weighted by atomic mass is 14.9. The molecule has 1 heteroatoms. The van der Waals surface area contributed by atoms with E-state index in [0.717, 1.165) is 23.8 Å². The summed E-state index contributed by atoms with van der Waals surface area (Å²) in [5.74, 6) is 2.87. The molecule has 0 aromatic heterocycles. The van der Waals surface area contributed by atoms with E-state index in [-0.39, 0.29) is 0 Å². The fourth-order valence-electron chi connectivity index (χ4n) is 4.00. The standard InChI is InChI=1S/C16H31N/c1-3-15-10-11-16(13(15)2)17-12-14-8-6-4-5-7-9-14/h13-17H,3-12H2,1-2H3. The van der Waals surface area contributed by atoms with E-state index in [1.54, 1.807) is 0 Å². The molecule has 0 heterocycles. The molecule has 0 radical (unpaired) electrons. The van der Waals surface area contributed by atoms with Gasteiger partial charge in [0, 0.05) is 6.04 Å². The Kier molecular flexibility index (Phi) is 5.34. The lowest BCUT2D eigenvalue weighted by molar-refractivity contribution is 0.319. The number of hydrogen-bond acceptors (Lipinski definition) is 1. The lowest BCUT2D eigenvalue weighted by Gasteiger charge is -2.24. The maximum atomic E-state index is 3.89. The van der Waals surface area contributed by atoms with Crippen LogP contribution in [-0.4, -0.2) is 12.6 Å². The number of nitrogens with one attached hydrogen (secondary N) is 1. The monoisotopic (exact) mass is 237 g/mol. The van der Waals surface area contributed by atoms with Crippen molar-refractivity contribution in [3.05, 3.63) is 0 Å². The summed E-state index contributed by atoms with van der Waals surface area (Å²) in [6.07, 6.45) is 13.1. The molecular weight excluding hydrogens is 206 g/mol. The predicted molar refractivity (Wildman–Crippen MR) is 75.2 cm³/mol. The maximum absolute atomic E-state index is 3.89. The Bertz CT molecular complexity index is 206. The first-order chi connectivity index (χ1) is 8.31. The lowest BCUT2D eigenvalue weighted by Crippen LogP contribution is -2.36. The smallest absolute Gasteiger partial charge is 0.00955 e. The summed E-state index contributed by atoms with van der Waals surface area (Å²) >= 11 is 0. The van der Waals surface area contributed by atoms with Gasteiger partial charge in [0.15, 0.2) is 0 Å². The minimum atomic E-state index is 0.822. The molecule has 1 N–H and O–H groups in total. The van der Waals surface area contributed by atoms with Crippen LogP contribution in [0.1, 0.15) is 71.6 Å². The third kappa shape index (κ3) is 3.71. The Balaban J connectivity index is 1.70. The largest absolute Gasteiger partial charge is 0.313 e. The SMILES string of the molecule is CCC1CCC(NCC2CCCCCC2)C1C. The summed E-state index contributed by atoms with van der Waals surface area (Å²) in [6, 6.07) is 0.822. The minimum absolute atomic E-state index is 0.822. The maximum Gasteiger partial charge on any atom is 0.00955 e.